The Balaban J connectivity index is 1.17. The van der Waals surface area contributed by atoms with Crippen molar-refractivity contribution in [1.29, 1.82) is 0 Å². The smallest absolute Gasteiger partial charge is 0.143 e. The van der Waals surface area contributed by atoms with Crippen LogP contribution in [0.25, 0.3) is 88.0 Å². The summed E-state index contributed by atoms with van der Waals surface area (Å²) in [5.74, 6) is 0. The zero-order valence-corrected chi connectivity index (χ0v) is 43.7. The van der Waals surface area contributed by atoms with Crippen molar-refractivity contribution >= 4 is 234 Å². The van der Waals surface area contributed by atoms with Gasteiger partial charge in [-0.2, -0.15) is 0 Å². The molecule has 71 heavy (non-hydrogen) atoms. The van der Waals surface area contributed by atoms with Crippen molar-refractivity contribution in [2.75, 3.05) is 4.90 Å². The maximum atomic E-state index is 6.80. The molecule has 10 aromatic carbocycles. The van der Waals surface area contributed by atoms with Gasteiger partial charge in [0.15, 0.2) is 0 Å². The number of benzene rings is 10. The number of nitrogens with zero attached hydrogens (tertiary/aromatic N) is 1. The van der Waals surface area contributed by atoms with Crippen molar-refractivity contribution in [3.63, 3.8) is 0 Å². The Morgan fingerprint density at radius 2 is 0.775 bits per heavy atom. The molecule has 324 valence electrons. The quantitative estimate of drug-likeness (QED) is 0.148. The zero-order chi connectivity index (χ0) is 49.7. The first-order valence-electron chi connectivity index (χ1n) is 25.3. The minimum Gasteiger partial charge on any atom is -0.455 e. The molecule has 2 nitrogen and oxygen atoms in total. The van der Waals surface area contributed by atoms with E-state index in [9.17, 15) is 0 Å². The predicted molar refractivity (Wildman–Crippen MR) is 351 cm³/mol. The number of hydrogen-bond donors (Lipinski definition) is 0. The van der Waals surface area contributed by atoms with Crippen LogP contribution in [0.15, 0.2) is 150 Å². The summed E-state index contributed by atoms with van der Waals surface area (Å²) in [6, 6.07) is 53.1. The Labute approximate surface area is 430 Å². The first kappa shape index (κ1) is 46.5. The monoisotopic (exact) mass is 896 g/mol. The molecule has 15 heteroatoms. The second-order valence-electron chi connectivity index (χ2n) is 20.3. The number of para-hydroxylation sites is 1. The summed E-state index contributed by atoms with van der Waals surface area (Å²) in [4.78, 5) is 2.56. The van der Waals surface area contributed by atoms with Gasteiger partial charge in [-0.3, -0.25) is 0 Å². The van der Waals surface area contributed by atoms with Gasteiger partial charge in [0, 0.05) is 33.1 Å². The number of anilines is 3. The minimum absolute atomic E-state index is 0.886. The van der Waals surface area contributed by atoms with Crippen LogP contribution in [-0.4, -0.2) is 102 Å². The summed E-state index contributed by atoms with van der Waals surface area (Å²) in [5, 5.41) is 7.03. The van der Waals surface area contributed by atoms with Crippen LogP contribution in [0.3, 0.4) is 0 Å². The van der Waals surface area contributed by atoms with E-state index >= 15 is 0 Å². The largest absolute Gasteiger partial charge is 0.455 e. The van der Waals surface area contributed by atoms with Crippen LogP contribution in [0.5, 0.6) is 0 Å². The van der Waals surface area contributed by atoms with Crippen molar-refractivity contribution in [3.8, 4) is 44.5 Å². The summed E-state index contributed by atoms with van der Waals surface area (Å²) in [6.07, 6.45) is 0. The molecule has 0 radical (unpaired) electrons. The Morgan fingerprint density at radius 3 is 1.41 bits per heavy atom. The topological polar surface area (TPSA) is 16.4 Å². The first-order valence-corrected chi connectivity index (χ1v) is 25.3. The Bertz CT molecular complexity index is 3980. The Kier molecular flexibility index (Phi) is 11.7. The van der Waals surface area contributed by atoms with Gasteiger partial charge in [0.2, 0.25) is 0 Å². The van der Waals surface area contributed by atoms with E-state index in [0.29, 0.717) is 0 Å². The average Bonchev–Trinajstić information content (AvgIpc) is 3.79. The van der Waals surface area contributed by atoms with Crippen LogP contribution in [0.1, 0.15) is 0 Å². The van der Waals surface area contributed by atoms with Crippen molar-refractivity contribution < 1.29 is 4.42 Å². The second-order valence-corrected chi connectivity index (χ2v) is 20.3. The predicted octanol–water partition coefficient (Wildman–Crippen LogP) is -6.61. The molecule has 11 rings (SSSR count). The van der Waals surface area contributed by atoms with E-state index in [1.54, 1.807) is 0 Å². The van der Waals surface area contributed by atoms with E-state index in [-0.39, 0.29) is 0 Å². The molecular formula is C56H50B13NO. The first-order chi connectivity index (χ1) is 34.2. The molecule has 0 saturated heterocycles. The number of rotatable bonds is 7. The van der Waals surface area contributed by atoms with Gasteiger partial charge in [-0.1, -0.05) is 170 Å². The molecule has 0 spiro atoms. The SMILES string of the molecule is Bc1c(B)c(B)c(-c2c(B)c(B)c(-c3c(B)c(B)c(N(c4cccc(-c5cccc6ccccc56)c4)c4ccccc4-c4cccc5oc6c7ccccc7ccc6c45)c(B)c3B)c(B)c2B)c(B)c1B. The van der Waals surface area contributed by atoms with Crippen LogP contribution in [-0.2, 0) is 0 Å². The lowest BCUT2D eigenvalue weighted by Crippen LogP contribution is -2.57. The molecule has 0 atom stereocenters. The van der Waals surface area contributed by atoms with Gasteiger partial charge in [-0.15, -0.1) is 16.4 Å². The summed E-state index contributed by atoms with van der Waals surface area (Å²) in [5.41, 5.74) is 33.0. The van der Waals surface area contributed by atoms with Crippen LogP contribution >= 0.6 is 0 Å². The fraction of sp³-hybridized carbons (Fsp3) is 0. The number of hydrogen-bond acceptors (Lipinski definition) is 2. The highest BCUT2D eigenvalue weighted by atomic mass is 16.3. The van der Waals surface area contributed by atoms with Crippen LogP contribution in [0, 0.1) is 0 Å². The summed E-state index contributed by atoms with van der Waals surface area (Å²) >= 11 is 0. The fourth-order valence-corrected chi connectivity index (χ4v) is 12.3. The van der Waals surface area contributed by atoms with Crippen LogP contribution < -0.4 is 75.9 Å². The van der Waals surface area contributed by atoms with Gasteiger partial charge in [0.05, 0.1) is 5.69 Å². The van der Waals surface area contributed by atoms with E-state index in [1.165, 1.54) is 126 Å². The summed E-state index contributed by atoms with van der Waals surface area (Å²) in [6.45, 7) is 0. The van der Waals surface area contributed by atoms with Crippen LogP contribution in [0.4, 0.5) is 17.1 Å². The Hall–Kier alpha value is -6.84. The van der Waals surface area contributed by atoms with E-state index < -0.39 is 0 Å². The summed E-state index contributed by atoms with van der Waals surface area (Å²) < 4.78 is 6.80. The van der Waals surface area contributed by atoms with Gasteiger partial charge in [-0.05, 0) is 85.4 Å². The van der Waals surface area contributed by atoms with Crippen molar-refractivity contribution in [2.45, 2.75) is 0 Å². The second kappa shape index (κ2) is 17.8. The van der Waals surface area contributed by atoms with Gasteiger partial charge in [0.1, 0.15) is 113 Å². The highest BCUT2D eigenvalue weighted by Gasteiger charge is 2.28. The van der Waals surface area contributed by atoms with E-state index in [1.807, 2.05) is 0 Å². The third-order valence-electron chi connectivity index (χ3n) is 17.0. The molecule has 0 saturated carbocycles. The highest BCUT2D eigenvalue weighted by molar-refractivity contribution is 6.72. The molecule has 0 unspecified atom stereocenters. The van der Waals surface area contributed by atoms with Crippen molar-refractivity contribution in [1.82, 2.24) is 0 Å². The fourth-order valence-electron chi connectivity index (χ4n) is 12.3. The molecular weight excluding hydrogens is 843 g/mol. The molecule has 0 N–H and O–H groups in total. The molecule has 1 heterocycles. The molecule has 1 aromatic heterocycles. The number of fused-ring (bicyclic) bond motifs is 6. The average molecular weight is 894 g/mol. The maximum Gasteiger partial charge on any atom is 0.143 e. The molecule has 0 aliphatic carbocycles. The van der Waals surface area contributed by atoms with Gasteiger partial charge < -0.3 is 9.32 Å². The zero-order valence-electron chi connectivity index (χ0n) is 43.7. The van der Waals surface area contributed by atoms with E-state index in [2.05, 4.69) is 252 Å². The van der Waals surface area contributed by atoms with Crippen LogP contribution in [0.2, 0.25) is 0 Å². The van der Waals surface area contributed by atoms with Crippen molar-refractivity contribution in [2.24, 2.45) is 0 Å². The Morgan fingerprint density at radius 1 is 0.324 bits per heavy atom. The normalized spacial score (nSPS) is 11.5. The third-order valence-corrected chi connectivity index (χ3v) is 17.0. The molecule has 0 aliphatic rings. The van der Waals surface area contributed by atoms with Gasteiger partial charge in [0.25, 0.3) is 0 Å². The minimum atomic E-state index is 0.886. The van der Waals surface area contributed by atoms with Gasteiger partial charge in [-0.25, -0.2) is 0 Å². The van der Waals surface area contributed by atoms with E-state index in [0.717, 1.165) is 49.8 Å². The van der Waals surface area contributed by atoms with Gasteiger partial charge >= 0.3 is 0 Å². The molecule has 0 bridgehead atoms. The highest BCUT2D eigenvalue weighted by Crippen LogP contribution is 2.45. The lowest BCUT2D eigenvalue weighted by atomic mass is 9.55. The molecule has 0 aliphatic heterocycles. The molecule has 11 aromatic rings. The molecule has 0 amide bonds. The maximum absolute atomic E-state index is 6.80. The lowest BCUT2D eigenvalue weighted by molar-refractivity contribution is 0.673. The standard InChI is InChI=1S/C56H50B13NO/c57-42-38(40-46(61)50(65)52(67)51(66)47(40)62)43(58)45(60)39(44(42)59)41-48(63)53(68)55(54(69)49(41)64)70(28-14-7-13-27(24-28)30-18-8-12-25-10-1-3-15-29(25)30)35-20-6-5-17-32(35)33-19-9-21-36-37(33)34-23-22-26-11-2-4-16-31(26)56(34)71-36/h1-24H,57-69H2. The van der Waals surface area contributed by atoms with E-state index in [4.69, 9.17) is 4.42 Å². The molecule has 0 fully saturated rings. The summed E-state index contributed by atoms with van der Waals surface area (Å²) in [7, 11) is 30.4. The lowest BCUT2D eigenvalue weighted by Gasteiger charge is -2.35. The van der Waals surface area contributed by atoms with Crippen molar-refractivity contribution in [3.05, 3.63) is 146 Å². The third kappa shape index (κ3) is 7.20. The number of furan rings is 1.